The van der Waals surface area contributed by atoms with Gasteiger partial charge in [0, 0.05) is 37.0 Å². The highest BCUT2D eigenvalue weighted by atomic mass is 32.1. The first-order valence-electron chi connectivity index (χ1n) is 7.15. The Morgan fingerprint density at radius 2 is 2.25 bits per heavy atom. The number of carbonyl (C=O) groups excluding carboxylic acids is 2. The number of thiophene rings is 1. The standard InChI is InChI=1S/C15H22N2O2S/c1-11(12-5-6-12)17(2)14(18)4-3-8-16-15(19)13-7-9-20-10-13/h7,9-12H,3-6,8H2,1-2H3,(H,16,19). The third-order valence-electron chi connectivity index (χ3n) is 3.94. The highest BCUT2D eigenvalue weighted by Gasteiger charge is 2.32. The summed E-state index contributed by atoms with van der Waals surface area (Å²) in [5.74, 6) is 0.815. The molecule has 5 heteroatoms. The largest absolute Gasteiger partial charge is 0.352 e. The Morgan fingerprint density at radius 1 is 1.50 bits per heavy atom. The smallest absolute Gasteiger partial charge is 0.252 e. The van der Waals surface area contributed by atoms with Crippen LogP contribution in [-0.4, -0.2) is 36.3 Å². The van der Waals surface area contributed by atoms with Crippen LogP contribution in [-0.2, 0) is 4.79 Å². The average molecular weight is 294 g/mol. The van der Waals surface area contributed by atoms with E-state index in [1.807, 2.05) is 22.7 Å². The molecule has 0 aliphatic heterocycles. The normalized spacial score (nSPS) is 15.7. The van der Waals surface area contributed by atoms with Crippen LogP contribution in [0.25, 0.3) is 0 Å². The van der Waals surface area contributed by atoms with E-state index in [-0.39, 0.29) is 11.8 Å². The van der Waals surface area contributed by atoms with Gasteiger partial charge in [0.15, 0.2) is 0 Å². The Balaban J connectivity index is 1.63. The van der Waals surface area contributed by atoms with Crippen molar-refractivity contribution in [1.82, 2.24) is 10.2 Å². The van der Waals surface area contributed by atoms with Crippen LogP contribution < -0.4 is 5.32 Å². The van der Waals surface area contributed by atoms with Crippen LogP contribution in [0.3, 0.4) is 0 Å². The zero-order valence-electron chi connectivity index (χ0n) is 12.1. The summed E-state index contributed by atoms with van der Waals surface area (Å²) in [7, 11) is 1.88. The van der Waals surface area contributed by atoms with E-state index in [2.05, 4.69) is 12.2 Å². The topological polar surface area (TPSA) is 49.4 Å². The Kier molecular flexibility index (Phi) is 5.17. The average Bonchev–Trinajstić information content (AvgIpc) is 3.15. The van der Waals surface area contributed by atoms with Crippen molar-refractivity contribution < 1.29 is 9.59 Å². The van der Waals surface area contributed by atoms with Gasteiger partial charge in [0.2, 0.25) is 5.91 Å². The van der Waals surface area contributed by atoms with Gasteiger partial charge in [-0.2, -0.15) is 11.3 Å². The molecular weight excluding hydrogens is 272 g/mol. The molecule has 1 fully saturated rings. The minimum Gasteiger partial charge on any atom is -0.352 e. The lowest BCUT2D eigenvalue weighted by atomic mass is 10.1. The van der Waals surface area contributed by atoms with E-state index < -0.39 is 0 Å². The van der Waals surface area contributed by atoms with E-state index in [0.717, 1.165) is 0 Å². The number of hydrogen-bond donors (Lipinski definition) is 1. The fourth-order valence-electron chi connectivity index (χ4n) is 2.24. The first-order valence-corrected chi connectivity index (χ1v) is 8.10. The molecule has 0 bridgehead atoms. The Labute approximate surface area is 124 Å². The monoisotopic (exact) mass is 294 g/mol. The van der Waals surface area contributed by atoms with Gasteiger partial charge in [-0.1, -0.05) is 0 Å². The predicted molar refractivity (Wildman–Crippen MR) is 80.8 cm³/mol. The summed E-state index contributed by atoms with van der Waals surface area (Å²) in [4.78, 5) is 25.6. The molecule has 1 atom stereocenters. The molecule has 1 aliphatic rings. The highest BCUT2D eigenvalue weighted by Crippen LogP contribution is 2.34. The fraction of sp³-hybridized carbons (Fsp3) is 0.600. The van der Waals surface area contributed by atoms with Gasteiger partial charge in [-0.15, -0.1) is 0 Å². The number of nitrogens with zero attached hydrogens (tertiary/aromatic N) is 1. The highest BCUT2D eigenvalue weighted by molar-refractivity contribution is 7.08. The Hall–Kier alpha value is -1.36. The maximum absolute atomic E-state index is 12.0. The minimum atomic E-state index is -0.0570. The van der Waals surface area contributed by atoms with Gasteiger partial charge in [-0.05, 0) is 43.6 Å². The summed E-state index contributed by atoms with van der Waals surface area (Å²) in [6.45, 7) is 2.67. The molecule has 110 valence electrons. The van der Waals surface area contributed by atoms with E-state index >= 15 is 0 Å². The molecule has 1 unspecified atom stereocenters. The van der Waals surface area contributed by atoms with Crippen LogP contribution in [0.15, 0.2) is 16.8 Å². The Bertz CT molecular complexity index is 454. The number of amides is 2. The van der Waals surface area contributed by atoms with Crippen LogP contribution in [0.2, 0.25) is 0 Å². The first kappa shape index (κ1) is 15.0. The third-order valence-corrected chi connectivity index (χ3v) is 4.63. The van der Waals surface area contributed by atoms with E-state index in [1.54, 1.807) is 6.07 Å². The molecule has 0 saturated heterocycles. The van der Waals surface area contributed by atoms with E-state index in [9.17, 15) is 9.59 Å². The molecular formula is C15H22N2O2S. The van der Waals surface area contributed by atoms with Gasteiger partial charge in [0.1, 0.15) is 0 Å². The van der Waals surface area contributed by atoms with E-state index in [1.165, 1.54) is 24.2 Å². The van der Waals surface area contributed by atoms with Crippen molar-refractivity contribution in [3.05, 3.63) is 22.4 Å². The lowest BCUT2D eigenvalue weighted by Gasteiger charge is -2.24. The van der Waals surface area contributed by atoms with Crippen LogP contribution >= 0.6 is 11.3 Å². The predicted octanol–water partition coefficient (Wildman–Crippen LogP) is 2.52. The van der Waals surface area contributed by atoms with Crippen molar-refractivity contribution in [1.29, 1.82) is 0 Å². The number of rotatable bonds is 7. The maximum Gasteiger partial charge on any atom is 0.252 e. The summed E-state index contributed by atoms with van der Waals surface area (Å²) >= 11 is 1.51. The van der Waals surface area contributed by atoms with Crippen molar-refractivity contribution in [2.45, 2.75) is 38.6 Å². The van der Waals surface area contributed by atoms with Gasteiger partial charge in [-0.3, -0.25) is 9.59 Å². The summed E-state index contributed by atoms with van der Waals surface area (Å²) in [5, 5.41) is 6.55. The maximum atomic E-state index is 12.0. The zero-order valence-corrected chi connectivity index (χ0v) is 12.9. The summed E-state index contributed by atoms with van der Waals surface area (Å²) in [6, 6.07) is 2.15. The van der Waals surface area contributed by atoms with Crippen molar-refractivity contribution >= 4 is 23.2 Å². The molecule has 1 aliphatic carbocycles. The summed E-state index contributed by atoms with van der Waals surface area (Å²) < 4.78 is 0. The second kappa shape index (κ2) is 6.88. The molecule has 4 nitrogen and oxygen atoms in total. The second-order valence-electron chi connectivity index (χ2n) is 5.45. The molecule has 2 amide bonds. The van der Waals surface area contributed by atoms with Crippen LogP contribution in [0.1, 0.15) is 43.0 Å². The van der Waals surface area contributed by atoms with Crippen LogP contribution in [0, 0.1) is 5.92 Å². The molecule has 1 aromatic rings. The number of carbonyl (C=O) groups is 2. The number of hydrogen-bond acceptors (Lipinski definition) is 3. The van der Waals surface area contributed by atoms with Crippen molar-refractivity contribution in [2.24, 2.45) is 5.92 Å². The van der Waals surface area contributed by atoms with Gasteiger partial charge in [0.05, 0.1) is 0 Å². The van der Waals surface area contributed by atoms with Crippen molar-refractivity contribution in [3.63, 3.8) is 0 Å². The molecule has 1 N–H and O–H groups in total. The van der Waals surface area contributed by atoms with Crippen molar-refractivity contribution in [2.75, 3.05) is 13.6 Å². The summed E-state index contributed by atoms with van der Waals surface area (Å²) in [6.07, 6.45) is 3.68. The molecule has 1 heterocycles. The number of nitrogens with one attached hydrogen (secondary N) is 1. The summed E-state index contributed by atoms with van der Waals surface area (Å²) in [5.41, 5.74) is 0.695. The van der Waals surface area contributed by atoms with Crippen LogP contribution in [0.4, 0.5) is 0 Å². The Morgan fingerprint density at radius 3 is 2.85 bits per heavy atom. The zero-order chi connectivity index (χ0) is 14.5. The molecule has 1 aromatic heterocycles. The molecule has 1 saturated carbocycles. The molecule has 0 spiro atoms. The minimum absolute atomic E-state index is 0.0570. The quantitative estimate of drug-likeness (QED) is 0.786. The molecule has 20 heavy (non-hydrogen) atoms. The van der Waals surface area contributed by atoms with E-state index in [4.69, 9.17) is 0 Å². The SMILES string of the molecule is CC(C1CC1)N(C)C(=O)CCCNC(=O)c1ccsc1. The van der Waals surface area contributed by atoms with E-state index in [0.29, 0.717) is 36.9 Å². The lowest BCUT2D eigenvalue weighted by molar-refractivity contribution is -0.132. The van der Waals surface area contributed by atoms with Gasteiger partial charge >= 0.3 is 0 Å². The molecule has 0 aromatic carbocycles. The van der Waals surface area contributed by atoms with Crippen molar-refractivity contribution in [3.8, 4) is 0 Å². The van der Waals surface area contributed by atoms with Crippen LogP contribution in [0.5, 0.6) is 0 Å². The van der Waals surface area contributed by atoms with Gasteiger partial charge in [-0.25, -0.2) is 0 Å². The van der Waals surface area contributed by atoms with Gasteiger partial charge in [0.25, 0.3) is 5.91 Å². The second-order valence-corrected chi connectivity index (χ2v) is 6.23. The first-order chi connectivity index (χ1) is 9.59. The molecule has 2 rings (SSSR count). The lowest BCUT2D eigenvalue weighted by Crippen LogP contribution is -2.36. The third kappa shape index (κ3) is 4.07. The fourth-order valence-corrected chi connectivity index (χ4v) is 2.87. The van der Waals surface area contributed by atoms with Gasteiger partial charge < -0.3 is 10.2 Å². The molecule has 0 radical (unpaired) electrons.